The summed E-state index contributed by atoms with van der Waals surface area (Å²) < 4.78 is 0. The molecule has 5 nitrogen and oxygen atoms in total. The lowest BCUT2D eigenvalue weighted by Crippen LogP contribution is -2.41. The molecule has 1 aromatic rings. The van der Waals surface area contributed by atoms with Gasteiger partial charge in [0.1, 0.15) is 5.82 Å². The molecule has 2 fully saturated rings. The minimum atomic E-state index is -0.983. The molecule has 2 heterocycles. The van der Waals surface area contributed by atoms with Gasteiger partial charge in [-0.2, -0.15) is 0 Å². The van der Waals surface area contributed by atoms with E-state index in [2.05, 4.69) is 15.2 Å². The Morgan fingerprint density at radius 1 is 1.27 bits per heavy atom. The van der Waals surface area contributed by atoms with E-state index in [4.69, 9.17) is 16.7 Å². The Morgan fingerprint density at radius 2 is 2.00 bits per heavy atom. The van der Waals surface area contributed by atoms with Crippen LogP contribution in [0.1, 0.15) is 50.5 Å². The van der Waals surface area contributed by atoms with Crippen LogP contribution in [-0.4, -0.2) is 46.6 Å². The number of aliphatic carboxylic acids is 1. The van der Waals surface area contributed by atoms with Crippen molar-refractivity contribution in [3.63, 3.8) is 0 Å². The molecular weight excluding hydrogens is 350 g/mol. The van der Waals surface area contributed by atoms with Crippen LogP contribution in [0, 0.1) is 5.92 Å². The average Bonchev–Trinajstić information content (AvgIpc) is 2.64. The van der Waals surface area contributed by atoms with Crippen molar-refractivity contribution in [2.45, 2.75) is 51.0 Å². The smallest absolute Gasteiger partial charge is 0.328 e. The van der Waals surface area contributed by atoms with E-state index >= 15 is 0 Å². The Hall–Kier alpha value is -1.59. The van der Waals surface area contributed by atoms with E-state index in [1.807, 2.05) is 0 Å². The summed E-state index contributed by atoms with van der Waals surface area (Å²) in [5.74, 6) is 0.601. The molecule has 2 N–H and O–H groups in total. The van der Waals surface area contributed by atoms with Crippen molar-refractivity contribution in [2.75, 3.05) is 25.0 Å². The maximum Gasteiger partial charge on any atom is 0.328 e. The Labute approximate surface area is 160 Å². The third-order valence-electron chi connectivity index (χ3n) is 5.45. The first-order valence-electron chi connectivity index (χ1n) is 9.65. The van der Waals surface area contributed by atoms with Gasteiger partial charge in [0, 0.05) is 37.9 Å². The van der Waals surface area contributed by atoms with Gasteiger partial charge in [-0.15, -0.1) is 0 Å². The third-order valence-corrected chi connectivity index (χ3v) is 5.74. The number of hydrogen-bond donors (Lipinski definition) is 2. The van der Waals surface area contributed by atoms with Gasteiger partial charge < -0.3 is 15.3 Å². The predicted molar refractivity (Wildman–Crippen MR) is 106 cm³/mol. The second kappa shape index (κ2) is 9.38. The van der Waals surface area contributed by atoms with Gasteiger partial charge in [-0.05, 0) is 49.3 Å². The average molecular weight is 378 g/mol. The topological polar surface area (TPSA) is 65.5 Å². The monoisotopic (exact) mass is 377 g/mol. The number of piperidine rings is 1. The van der Waals surface area contributed by atoms with Crippen molar-refractivity contribution in [3.05, 3.63) is 28.9 Å². The van der Waals surface area contributed by atoms with Gasteiger partial charge in [-0.25, -0.2) is 9.78 Å². The van der Waals surface area contributed by atoms with Crippen molar-refractivity contribution in [1.29, 1.82) is 0 Å². The quantitative estimate of drug-likeness (QED) is 0.724. The lowest BCUT2D eigenvalue weighted by Gasteiger charge is -2.35. The Morgan fingerprint density at radius 3 is 2.65 bits per heavy atom. The van der Waals surface area contributed by atoms with Crippen LogP contribution < -0.4 is 5.32 Å². The molecule has 6 heteroatoms. The van der Waals surface area contributed by atoms with Crippen LogP contribution in [-0.2, 0) is 4.79 Å². The third kappa shape index (κ3) is 5.71. The number of likely N-dealkylation sites (tertiary alicyclic amines) is 1. The van der Waals surface area contributed by atoms with Crippen molar-refractivity contribution >= 4 is 29.5 Å². The molecule has 3 rings (SSSR count). The van der Waals surface area contributed by atoms with Crippen molar-refractivity contribution in [2.24, 2.45) is 5.92 Å². The number of aromatic nitrogens is 1. The number of nitrogens with one attached hydrogen (secondary N) is 1. The first-order valence-corrected chi connectivity index (χ1v) is 10.0. The maximum atomic E-state index is 10.6. The number of anilines is 1. The number of pyridine rings is 1. The summed E-state index contributed by atoms with van der Waals surface area (Å²) >= 11 is 6.30. The lowest BCUT2D eigenvalue weighted by atomic mass is 9.88. The van der Waals surface area contributed by atoms with Gasteiger partial charge in [0.25, 0.3) is 0 Å². The van der Waals surface area contributed by atoms with E-state index in [0.29, 0.717) is 22.4 Å². The first kappa shape index (κ1) is 19.2. The van der Waals surface area contributed by atoms with Gasteiger partial charge >= 0.3 is 5.97 Å². The second-order valence-electron chi connectivity index (χ2n) is 7.49. The minimum Gasteiger partial charge on any atom is -0.478 e. The Balaban J connectivity index is 1.47. The molecule has 1 aromatic heterocycles. The minimum absolute atomic E-state index is 0.392. The Kier molecular flexibility index (Phi) is 6.92. The van der Waals surface area contributed by atoms with E-state index in [0.717, 1.165) is 37.9 Å². The highest BCUT2D eigenvalue weighted by Crippen LogP contribution is 2.27. The summed E-state index contributed by atoms with van der Waals surface area (Å²) in [5, 5.41) is 12.7. The SMILES string of the molecule is O=C(O)C=Cc1cnc(NC2CCN(CC3CCCCC3)CC2)c(Cl)c1. The van der Waals surface area contributed by atoms with E-state index in [-0.39, 0.29) is 0 Å². The summed E-state index contributed by atoms with van der Waals surface area (Å²) in [4.78, 5) is 17.6. The fourth-order valence-electron chi connectivity index (χ4n) is 4.01. The summed E-state index contributed by atoms with van der Waals surface area (Å²) in [6.45, 7) is 3.52. The molecule has 0 spiro atoms. The molecular formula is C20H28ClN3O2. The van der Waals surface area contributed by atoms with Crippen LogP contribution in [0.15, 0.2) is 18.3 Å². The molecule has 142 valence electrons. The van der Waals surface area contributed by atoms with Crippen LogP contribution in [0.5, 0.6) is 0 Å². The van der Waals surface area contributed by atoms with Gasteiger partial charge in [0.2, 0.25) is 0 Å². The Bertz CT molecular complexity index is 636. The molecule has 0 radical (unpaired) electrons. The summed E-state index contributed by atoms with van der Waals surface area (Å²) in [6.07, 6.45) is 13.5. The van der Waals surface area contributed by atoms with E-state index in [1.165, 1.54) is 44.7 Å². The predicted octanol–water partition coefficient (Wildman–Crippen LogP) is 4.29. The molecule has 1 aliphatic carbocycles. The molecule has 0 atom stereocenters. The zero-order valence-electron chi connectivity index (χ0n) is 15.2. The van der Waals surface area contributed by atoms with E-state index in [1.54, 1.807) is 12.3 Å². The van der Waals surface area contributed by atoms with Crippen LogP contribution >= 0.6 is 11.6 Å². The van der Waals surface area contributed by atoms with Gasteiger partial charge in [0.05, 0.1) is 5.02 Å². The highest BCUT2D eigenvalue weighted by molar-refractivity contribution is 6.33. The molecule has 0 aromatic carbocycles. The molecule has 0 bridgehead atoms. The first-order chi connectivity index (χ1) is 12.6. The van der Waals surface area contributed by atoms with Crippen LogP contribution in [0.2, 0.25) is 5.02 Å². The van der Waals surface area contributed by atoms with Gasteiger partial charge in [0.15, 0.2) is 0 Å². The molecule has 1 saturated carbocycles. The van der Waals surface area contributed by atoms with E-state index in [9.17, 15) is 4.79 Å². The summed E-state index contributed by atoms with van der Waals surface area (Å²) in [5.41, 5.74) is 0.685. The standard InChI is InChI=1S/C20H28ClN3O2/c21-18-12-16(6-7-19(25)26)13-22-20(18)23-17-8-10-24(11-9-17)14-15-4-2-1-3-5-15/h6-7,12-13,15,17H,1-5,8-11,14H2,(H,22,23)(H,25,26). The largest absolute Gasteiger partial charge is 0.478 e. The number of carboxylic acid groups (broad SMARTS) is 1. The molecule has 2 aliphatic rings. The number of halogens is 1. The number of nitrogens with zero attached hydrogens (tertiary/aromatic N) is 2. The van der Waals surface area contributed by atoms with Gasteiger partial charge in [-0.1, -0.05) is 30.9 Å². The molecule has 26 heavy (non-hydrogen) atoms. The molecule has 1 aliphatic heterocycles. The fraction of sp³-hybridized carbons (Fsp3) is 0.600. The van der Waals surface area contributed by atoms with Crippen molar-refractivity contribution in [1.82, 2.24) is 9.88 Å². The zero-order chi connectivity index (χ0) is 18.4. The normalized spacial score (nSPS) is 20.5. The summed E-state index contributed by atoms with van der Waals surface area (Å²) in [7, 11) is 0. The van der Waals surface area contributed by atoms with Crippen molar-refractivity contribution < 1.29 is 9.90 Å². The van der Waals surface area contributed by atoms with Crippen LogP contribution in [0.4, 0.5) is 5.82 Å². The number of hydrogen-bond acceptors (Lipinski definition) is 4. The number of carboxylic acids is 1. The van der Waals surface area contributed by atoms with E-state index < -0.39 is 5.97 Å². The summed E-state index contributed by atoms with van der Waals surface area (Å²) in [6, 6.07) is 2.14. The fourth-order valence-corrected chi connectivity index (χ4v) is 4.23. The maximum absolute atomic E-state index is 10.6. The lowest BCUT2D eigenvalue weighted by molar-refractivity contribution is -0.131. The van der Waals surface area contributed by atoms with Crippen LogP contribution in [0.25, 0.3) is 6.08 Å². The highest BCUT2D eigenvalue weighted by atomic mass is 35.5. The molecule has 1 saturated heterocycles. The molecule has 0 amide bonds. The highest BCUT2D eigenvalue weighted by Gasteiger charge is 2.23. The number of rotatable bonds is 6. The van der Waals surface area contributed by atoms with Crippen LogP contribution in [0.3, 0.4) is 0 Å². The molecule has 0 unspecified atom stereocenters. The second-order valence-corrected chi connectivity index (χ2v) is 7.90. The zero-order valence-corrected chi connectivity index (χ0v) is 15.9. The number of carbonyl (C=O) groups is 1. The van der Waals surface area contributed by atoms with Crippen molar-refractivity contribution in [3.8, 4) is 0 Å². The van der Waals surface area contributed by atoms with Gasteiger partial charge in [-0.3, -0.25) is 0 Å².